The van der Waals surface area contributed by atoms with Crippen LogP contribution < -0.4 is 10.1 Å². The molecule has 1 N–H and O–H groups in total. The number of ether oxygens (including phenoxy) is 1. The summed E-state index contributed by atoms with van der Waals surface area (Å²) in [6.07, 6.45) is 2.86. The lowest BCUT2D eigenvalue weighted by atomic mass is 10.1. The monoisotopic (exact) mass is 419 g/mol. The molecule has 4 rings (SSSR count). The van der Waals surface area contributed by atoms with E-state index in [9.17, 15) is 0 Å². The number of rotatable bonds is 6. The van der Waals surface area contributed by atoms with Crippen LogP contribution in [0.1, 0.15) is 26.3 Å². The van der Waals surface area contributed by atoms with E-state index in [1.807, 2.05) is 60.8 Å². The Morgan fingerprint density at radius 1 is 0.967 bits per heavy atom. The number of benzene rings is 2. The zero-order valence-electron chi connectivity index (χ0n) is 17.5. The van der Waals surface area contributed by atoms with Gasteiger partial charge in [-0.1, -0.05) is 54.1 Å². The fraction of sp³-hybridized carbons (Fsp3) is 0.240. The molecule has 4 nitrogen and oxygen atoms in total. The van der Waals surface area contributed by atoms with Gasteiger partial charge in [0.25, 0.3) is 0 Å². The smallest absolute Gasteiger partial charge is 0.182 e. The molecular weight excluding hydrogens is 394 g/mol. The first-order valence-corrected chi connectivity index (χ1v) is 10.5. The van der Waals surface area contributed by atoms with Gasteiger partial charge in [0.05, 0.1) is 12.3 Å². The average Bonchev–Trinajstić information content (AvgIpc) is 3.06. The van der Waals surface area contributed by atoms with E-state index in [0.29, 0.717) is 11.6 Å². The highest BCUT2D eigenvalue weighted by Crippen LogP contribution is 2.34. The lowest BCUT2D eigenvalue weighted by molar-refractivity contribution is 0.324. The molecule has 30 heavy (non-hydrogen) atoms. The lowest BCUT2D eigenvalue weighted by Gasteiger charge is -2.21. The Kier molecular flexibility index (Phi) is 5.69. The van der Waals surface area contributed by atoms with Crippen LogP contribution in [0.2, 0.25) is 5.02 Å². The third kappa shape index (κ3) is 4.60. The second kappa shape index (κ2) is 8.41. The van der Waals surface area contributed by atoms with Gasteiger partial charge in [0.1, 0.15) is 0 Å². The standard InChI is InChI=1S/C25H26ClN3O/c1-25(2,3)28-23-22(19-11-13-20(26)14-12-19)29-16-7-10-21(24(29)27-23)30-17-15-18-8-5-4-6-9-18/h4-14,16,28H,15,17H2,1-3H3. The molecule has 0 aliphatic carbocycles. The summed E-state index contributed by atoms with van der Waals surface area (Å²) in [5.41, 5.74) is 3.95. The Morgan fingerprint density at radius 3 is 2.40 bits per heavy atom. The third-order valence-corrected chi connectivity index (χ3v) is 4.97. The van der Waals surface area contributed by atoms with Crippen LogP contribution in [0.4, 0.5) is 5.82 Å². The summed E-state index contributed by atoms with van der Waals surface area (Å²) in [6, 6.07) is 22.2. The number of imidazole rings is 1. The quantitative estimate of drug-likeness (QED) is 0.388. The van der Waals surface area contributed by atoms with Gasteiger partial charge in [-0.3, -0.25) is 4.40 Å². The normalized spacial score (nSPS) is 11.6. The van der Waals surface area contributed by atoms with Crippen LogP contribution in [0.5, 0.6) is 5.75 Å². The molecule has 0 saturated heterocycles. The Hall–Kier alpha value is -2.98. The van der Waals surface area contributed by atoms with Crippen LogP contribution >= 0.6 is 11.6 Å². The van der Waals surface area contributed by atoms with Gasteiger partial charge in [-0.15, -0.1) is 0 Å². The molecule has 0 bridgehead atoms. The number of hydrogen-bond donors (Lipinski definition) is 1. The third-order valence-electron chi connectivity index (χ3n) is 4.72. The lowest BCUT2D eigenvalue weighted by Crippen LogP contribution is -2.26. The van der Waals surface area contributed by atoms with Crippen molar-refractivity contribution < 1.29 is 4.74 Å². The molecule has 0 spiro atoms. The highest BCUT2D eigenvalue weighted by molar-refractivity contribution is 6.30. The number of fused-ring (bicyclic) bond motifs is 1. The van der Waals surface area contributed by atoms with Crippen LogP contribution in [0, 0.1) is 0 Å². The number of hydrogen-bond acceptors (Lipinski definition) is 3. The van der Waals surface area contributed by atoms with Gasteiger partial charge in [-0.25, -0.2) is 4.98 Å². The molecule has 0 atom stereocenters. The SMILES string of the molecule is CC(C)(C)Nc1nc2c(OCCc3ccccc3)cccn2c1-c1ccc(Cl)cc1. The minimum Gasteiger partial charge on any atom is -0.489 e. The topological polar surface area (TPSA) is 38.6 Å². The highest BCUT2D eigenvalue weighted by Gasteiger charge is 2.21. The zero-order valence-corrected chi connectivity index (χ0v) is 18.3. The van der Waals surface area contributed by atoms with E-state index in [1.165, 1.54) is 5.56 Å². The summed E-state index contributed by atoms with van der Waals surface area (Å²) < 4.78 is 8.22. The number of aromatic nitrogens is 2. The fourth-order valence-electron chi connectivity index (χ4n) is 3.40. The molecule has 2 aromatic carbocycles. The first-order chi connectivity index (χ1) is 14.4. The van der Waals surface area contributed by atoms with Gasteiger partial charge in [0.2, 0.25) is 0 Å². The van der Waals surface area contributed by atoms with Gasteiger partial charge in [-0.2, -0.15) is 0 Å². The van der Waals surface area contributed by atoms with Crippen molar-refractivity contribution >= 4 is 23.1 Å². The van der Waals surface area contributed by atoms with Crippen molar-refractivity contribution in [3.05, 3.63) is 83.5 Å². The molecular formula is C25H26ClN3O. The molecule has 0 radical (unpaired) electrons. The van der Waals surface area contributed by atoms with Gasteiger partial charge < -0.3 is 10.1 Å². The molecule has 2 aromatic heterocycles. The van der Waals surface area contributed by atoms with E-state index in [1.54, 1.807) is 0 Å². The predicted molar refractivity (Wildman–Crippen MR) is 125 cm³/mol. The Balaban J connectivity index is 1.71. The van der Waals surface area contributed by atoms with Crippen molar-refractivity contribution in [3.63, 3.8) is 0 Å². The first kappa shape index (κ1) is 20.3. The average molecular weight is 420 g/mol. The molecule has 0 amide bonds. The van der Waals surface area contributed by atoms with Gasteiger partial charge in [0.15, 0.2) is 17.2 Å². The van der Waals surface area contributed by atoms with E-state index >= 15 is 0 Å². The number of nitrogens with one attached hydrogen (secondary N) is 1. The maximum absolute atomic E-state index is 6.14. The van der Waals surface area contributed by atoms with E-state index < -0.39 is 0 Å². The second-order valence-electron chi connectivity index (χ2n) is 8.34. The number of anilines is 1. The van der Waals surface area contributed by atoms with Crippen molar-refractivity contribution in [3.8, 4) is 17.0 Å². The molecule has 4 aromatic rings. The summed E-state index contributed by atoms with van der Waals surface area (Å²) in [7, 11) is 0. The van der Waals surface area contributed by atoms with Crippen molar-refractivity contribution in [1.82, 2.24) is 9.38 Å². The maximum atomic E-state index is 6.14. The summed E-state index contributed by atoms with van der Waals surface area (Å²) in [6.45, 7) is 6.97. The Labute approximate surface area is 182 Å². The van der Waals surface area contributed by atoms with E-state index in [2.05, 4.69) is 42.6 Å². The zero-order chi connectivity index (χ0) is 21.1. The predicted octanol–water partition coefficient (Wildman–Crippen LogP) is 6.49. The van der Waals surface area contributed by atoms with Gasteiger partial charge in [-0.05, 0) is 50.6 Å². The first-order valence-electron chi connectivity index (χ1n) is 10.1. The van der Waals surface area contributed by atoms with Crippen molar-refractivity contribution in [1.29, 1.82) is 0 Å². The molecule has 0 aliphatic rings. The molecule has 0 unspecified atom stereocenters. The molecule has 2 heterocycles. The maximum Gasteiger partial charge on any atom is 0.182 e. The Morgan fingerprint density at radius 2 is 1.70 bits per heavy atom. The van der Waals surface area contributed by atoms with E-state index in [4.69, 9.17) is 21.3 Å². The molecule has 0 aliphatic heterocycles. The Bertz CT molecular complexity index is 1130. The molecule has 0 fully saturated rings. The van der Waals surface area contributed by atoms with E-state index in [0.717, 1.165) is 34.9 Å². The number of nitrogens with zero attached hydrogens (tertiary/aromatic N) is 2. The summed E-state index contributed by atoms with van der Waals surface area (Å²) in [5.74, 6) is 1.59. The van der Waals surface area contributed by atoms with Crippen molar-refractivity contribution in [2.75, 3.05) is 11.9 Å². The number of halogens is 1. The van der Waals surface area contributed by atoms with Gasteiger partial charge >= 0.3 is 0 Å². The van der Waals surface area contributed by atoms with Crippen LogP contribution in [0.15, 0.2) is 72.9 Å². The summed E-state index contributed by atoms with van der Waals surface area (Å²) in [5, 5.41) is 4.25. The van der Waals surface area contributed by atoms with Crippen LogP contribution in [0.25, 0.3) is 16.9 Å². The van der Waals surface area contributed by atoms with Crippen molar-refractivity contribution in [2.45, 2.75) is 32.7 Å². The molecule has 154 valence electrons. The second-order valence-corrected chi connectivity index (χ2v) is 8.78. The fourth-order valence-corrected chi connectivity index (χ4v) is 3.53. The molecule has 5 heteroatoms. The largest absolute Gasteiger partial charge is 0.489 e. The minimum atomic E-state index is -0.132. The summed E-state index contributed by atoms with van der Waals surface area (Å²) in [4.78, 5) is 4.92. The van der Waals surface area contributed by atoms with Crippen molar-refractivity contribution in [2.24, 2.45) is 0 Å². The highest BCUT2D eigenvalue weighted by atomic mass is 35.5. The van der Waals surface area contributed by atoms with Crippen LogP contribution in [0.3, 0.4) is 0 Å². The molecule has 0 saturated carbocycles. The van der Waals surface area contributed by atoms with Crippen LogP contribution in [-0.2, 0) is 6.42 Å². The number of pyridine rings is 1. The van der Waals surface area contributed by atoms with Gasteiger partial charge in [0, 0.05) is 28.7 Å². The van der Waals surface area contributed by atoms with Crippen LogP contribution in [-0.4, -0.2) is 21.5 Å². The minimum absolute atomic E-state index is 0.132. The summed E-state index contributed by atoms with van der Waals surface area (Å²) >= 11 is 6.11. The van der Waals surface area contributed by atoms with E-state index in [-0.39, 0.29) is 5.54 Å².